The molecule has 0 aromatic heterocycles. The number of nitrogens with one attached hydrogen (secondary N) is 2. The van der Waals surface area contributed by atoms with Gasteiger partial charge < -0.3 is 10.6 Å². The van der Waals surface area contributed by atoms with Crippen LogP contribution in [0.3, 0.4) is 0 Å². The van der Waals surface area contributed by atoms with Crippen molar-refractivity contribution in [3.63, 3.8) is 0 Å². The predicted octanol–water partition coefficient (Wildman–Crippen LogP) is 8.54. The van der Waals surface area contributed by atoms with Crippen LogP contribution in [0, 0.1) is 5.92 Å². The Morgan fingerprint density at radius 2 is 1.45 bits per heavy atom. The molecule has 7 heteroatoms. The zero-order valence-electron chi connectivity index (χ0n) is 24.5. The Hall–Kier alpha value is -4.39. The molecule has 3 atom stereocenters. The molecule has 0 heterocycles. The monoisotopic (exact) mass is 598 g/mol. The molecule has 1 fully saturated rings. The second kappa shape index (κ2) is 14.4. The smallest absolute Gasteiger partial charge is 0.350 e. The van der Waals surface area contributed by atoms with E-state index in [4.69, 9.17) is 0 Å². The van der Waals surface area contributed by atoms with Crippen LogP contribution in [0.1, 0.15) is 71.5 Å². The van der Waals surface area contributed by atoms with Crippen LogP contribution in [0.2, 0.25) is 0 Å². The topological polar surface area (TPSA) is 58.2 Å². The van der Waals surface area contributed by atoms with E-state index in [1.807, 2.05) is 48.5 Å². The molecule has 0 saturated heterocycles. The van der Waals surface area contributed by atoms with Crippen LogP contribution >= 0.6 is 0 Å². The Kier molecular flexibility index (Phi) is 10.2. The van der Waals surface area contributed by atoms with Crippen molar-refractivity contribution in [2.45, 2.75) is 63.2 Å². The Balaban J connectivity index is 1.17. The fraction of sp³-hybridized carbons (Fsp3) is 0.297. The van der Waals surface area contributed by atoms with E-state index in [2.05, 4.69) is 34.9 Å². The molecule has 2 unspecified atom stereocenters. The fourth-order valence-electron chi connectivity index (χ4n) is 5.73. The van der Waals surface area contributed by atoms with Crippen LogP contribution in [-0.4, -0.2) is 17.9 Å². The van der Waals surface area contributed by atoms with Crippen LogP contribution in [-0.2, 0) is 17.5 Å². The van der Waals surface area contributed by atoms with Gasteiger partial charge in [-0.25, -0.2) is 0 Å². The van der Waals surface area contributed by atoms with Crippen molar-refractivity contribution >= 4 is 11.8 Å². The molecule has 0 aliphatic heterocycles. The van der Waals surface area contributed by atoms with Gasteiger partial charge in [0.2, 0.25) is 5.91 Å². The summed E-state index contributed by atoms with van der Waals surface area (Å²) in [5.74, 6) is 0.552. The van der Waals surface area contributed by atoms with Crippen LogP contribution in [0.4, 0.5) is 13.2 Å². The molecular weight excluding hydrogens is 561 g/mol. The van der Waals surface area contributed by atoms with E-state index in [9.17, 15) is 22.8 Å². The SMILES string of the molecule is O=C(N[C@@H](CCCCCC1CC1c1ccccc1)C(=O)NCc1cccc(C(F)(F)F)c1)c1ccc(-c2ccccc2)cc1. The number of alkyl halides is 3. The van der Waals surface area contributed by atoms with Gasteiger partial charge in [-0.2, -0.15) is 13.2 Å². The highest BCUT2D eigenvalue weighted by Gasteiger charge is 2.37. The molecule has 44 heavy (non-hydrogen) atoms. The lowest BCUT2D eigenvalue weighted by Gasteiger charge is -2.19. The molecule has 1 saturated carbocycles. The summed E-state index contributed by atoms with van der Waals surface area (Å²) in [5.41, 5.74) is 3.41. The molecule has 0 radical (unpaired) electrons. The van der Waals surface area contributed by atoms with E-state index in [1.54, 1.807) is 12.1 Å². The lowest BCUT2D eigenvalue weighted by atomic mass is 10.0. The van der Waals surface area contributed by atoms with Crippen LogP contribution in [0.25, 0.3) is 11.1 Å². The average molecular weight is 599 g/mol. The molecule has 2 N–H and O–H groups in total. The Bertz CT molecular complexity index is 1520. The van der Waals surface area contributed by atoms with Gasteiger partial charge in [-0.1, -0.05) is 104 Å². The summed E-state index contributed by atoms with van der Waals surface area (Å²) in [6.45, 7) is -0.0660. The Morgan fingerprint density at radius 1 is 0.773 bits per heavy atom. The first-order valence-electron chi connectivity index (χ1n) is 15.2. The summed E-state index contributed by atoms with van der Waals surface area (Å²) in [6, 6.07) is 31.7. The number of carbonyl (C=O) groups is 2. The van der Waals surface area contributed by atoms with Crippen LogP contribution in [0.5, 0.6) is 0 Å². The summed E-state index contributed by atoms with van der Waals surface area (Å²) in [7, 11) is 0. The first kappa shape index (κ1) is 31.0. The van der Waals surface area contributed by atoms with Gasteiger partial charge in [0, 0.05) is 12.1 Å². The minimum atomic E-state index is -4.46. The van der Waals surface area contributed by atoms with Crippen LogP contribution < -0.4 is 10.6 Å². The first-order chi connectivity index (χ1) is 21.3. The van der Waals surface area contributed by atoms with E-state index >= 15 is 0 Å². The number of halogens is 3. The summed E-state index contributed by atoms with van der Waals surface area (Å²) < 4.78 is 39.4. The normalized spacial score (nSPS) is 16.6. The van der Waals surface area contributed by atoms with Crippen molar-refractivity contribution in [3.05, 3.63) is 131 Å². The number of rotatable bonds is 13. The van der Waals surface area contributed by atoms with Crippen molar-refractivity contribution in [1.82, 2.24) is 10.6 Å². The molecule has 4 nitrogen and oxygen atoms in total. The van der Waals surface area contributed by atoms with E-state index in [-0.39, 0.29) is 12.5 Å². The summed E-state index contributed by atoms with van der Waals surface area (Å²) in [4.78, 5) is 26.4. The maximum Gasteiger partial charge on any atom is 0.416 e. The van der Waals surface area contributed by atoms with Gasteiger partial charge in [0.15, 0.2) is 0 Å². The van der Waals surface area contributed by atoms with Crippen molar-refractivity contribution in [3.8, 4) is 11.1 Å². The van der Waals surface area contributed by atoms with Gasteiger partial charge in [0.25, 0.3) is 5.91 Å². The molecular formula is C37H37F3N2O2. The summed E-state index contributed by atoms with van der Waals surface area (Å²) in [6.07, 6.45) is 1.04. The number of carbonyl (C=O) groups excluding carboxylic acids is 2. The maximum absolute atomic E-state index is 13.2. The van der Waals surface area contributed by atoms with Gasteiger partial charge in [-0.15, -0.1) is 0 Å². The van der Waals surface area contributed by atoms with E-state index < -0.39 is 23.7 Å². The van der Waals surface area contributed by atoms with Crippen molar-refractivity contribution in [2.75, 3.05) is 0 Å². The first-order valence-corrected chi connectivity index (χ1v) is 15.2. The van der Waals surface area contributed by atoms with Crippen molar-refractivity contribution in [1.29, 1.82) is 0 Å². The summed E-state index contributed by atoms with van der Waals surface area (Å²) in [5, 5.41) is 5.61. The second-order valence-electron chi connectivity index (χ2n) is 11.5. The van der Waals surface area contributed by atoms with Crippen molar-refractivity contribution < 1.29 is 22.8 Å². The van der Waals surface area contributed by atoms with Crippen LogP contribution in [0.15, 0.2) is 109 Å². The third kappa shape index (κ3) is 8.59. The third-order valence-electron chi connectivity index (χ3n) is 8.32. The minimum Gasteiger partial charge on any atom is -0.350 e. The van der Waals surface area contributed by atoms with E-state index in [1.165, 1.54) is 24.1 Å². The van der Waals surface area contributed by atoms with Crippen molar-refractivity contribution in [2.24, 2.45) is 5.92 Å². The molecule has 4 aromatic carbocycles. The molecule has 0 spiro atoms. The number of amides is 2. The highest BCUT2D eigenvalue weighted by Crippen LogP contribution is 2.50. The number of benzene rings is 4. The van der Waals surface area contributed by atoms with E-state index in [0.717, 1.165) is 48.9 Å². The summed E-state index contributed by atoms with van der Waals surface area (Å²) >= 11 is 0. The average Bonchev–Trinajstić information content (AvgIpc) is 3.83. The lowest BCUT2D eigenvalue weighted by Crippen LogP contribution is -2.46. The maximum atomic E-state index is 13.2. The highest BCUT2D eigenvalue weighted by molar-refractivity contribution is 5.97. The highest BCUT2D eigenvalue weighted by atomic mass is 19.4. The minimum absolute atomic E-state index is 0.0660. The van der Waals surface area contributed by atoms with Gasteiger partial charge in [-0.05, 0) is 77.6 Å². The zero-order valence-corrected chi connectivity index (χ0v) is 24.5. The Labute approximate surface area is 256 Å². The number of hydrogen-bond acceptors (Lipinski definition) is 2. The third-order valence-corrected chi connectivity index (χ3v) is 8.32. The fourth-order valence-corrected chi connectivity index (χ4v) is 5.73. The largest absolute Gasteiger partial charge is 0.416 e. The van der Waals surface area contributed by atoms with Gasteiger partial charge in [0.1, 0.15) is 6.04 Å². The molecule has 1 aliphatic carbocycles. The number of hydrogen-bond donors (Lipinski definition) is 2. The molecule has 5 rings (SSSR count). The molecule has 2 amide bonds. The molecule has 228 valence electrons. The van der Waals surface area contributed by atoms with Gasteiger partial charge in [-0.3, -0.25) is 9.59 Å². The standard InChI is InChI=1S/C37H37F3N2O2/c38-37(39,40)32-17-10-11-26(23-32)25-41-36(44)34(18-9-3-8-16-31-24-33(31)29-14-6-2-7-15-29)42-35(43)30-21-19-28(20-22-30)27-12-4-1-5-13-27/h1-2,4-7,10-15,17,19-23,31,33-34H,3,8-9,16,18,24-25H2,(H,41,44)(H,42,43)/t31?,33?,34-/m0/s1. The predicted molar refractivity (Wildman–Crippen MR) is 167 cm³/mol. The molecule has 4 aromatic rings. The van der Waals surface area contributed by atoms with E-state index in [0.29, 0.717) is 29.4 Å². The number of unbranched alkanes of at least 4 members (excludes halogenated alkanes) is 2. The second-order valence-corrected chi connectivity index (χ2v) is 11.5. The Morgan fingerprint density at radius 3 is 2.16 bits per heavy atom. The lowest BCUT2D eigenvalue weighted by molar-refractivity contribution is -0.137. The zero-order chi connectivity index (χ0) is 30.9. The molecule has 0 bridgehead atoms. The van der Waals surface area contributed by atoms with Gasteiger partial charge >= 0.3 is 6.18 Å². The molecule has 1 aliphatic rings. The quantitative estimate of drug-likeness (QED) is 0.152. The van der Waals surface area contributed by atoms with Gasteiger partial charge in [0.05, 0.1) is 5.56 Å².